The van der Waals surface area contributed by atoms with E-state index in [-0.39, 0.29) is 22.8 Å². The van der Waals surface area contributed by atoms with Gasteiger partial charge >= 0.3 is 0 Å². The van der Waals surface area contributed by atoms with Crippen molar-refractivity contribution in [3.63, 3.8) is 0 Å². The number of rotatable bonds is 2. The van der Waals surface area contributed by atoms with Crippen LogP contribution in [0.1, 0.15) is 63.1 Å². The van der Waals surface area contributed by atoms with E-state index in [0.717, 1.165) is 42.6 Å². The summed E-state index contributed by atoms with van der Waals surface area (Å²) in [6.45, 7) is 6.54. The minimum Gasteiger partial charge on any atom is -0.381 e. The average molecular weight is 364 g/mol. The van der Waals surface area contributed by atoms with Crippen LogP contribution in [0.2, 0.25) is 0 Å². The Bertz CT molecular complexity index is 824. The molecule has 2 radical (unpaired) electrons. The molecule has 142 valence electrons. The molecule has 4 rings (SSSR count). The molecule has 3 aliphatic rings. The number of amides is 1. The SMILES string of the molecule is [B]Cc1ccc2c(c1)C1(N=C(C)N(C)C1=O)C1(CCC(OC)CC1)C2(C)C. The fourth-order valence-electron chi connectivity index (χ4n) is 6.08. The van der Waals surface area contributed by atoms with Crippen molar-refractivity contribution in [2.75, 3.05) is 14.2 Å². The number of nitrogens with zero attached hydrogens (tertiary/aromatic N) is 2. The highest BCUT2D eigenvalue weighted by atomic mass is 16.5. The second kappa shape index (κ2) is 5.94. The third-order valence-electron chi connectivity index (χ3n) is 7.82. The van der Waals surface area contributed by atoms with Gasteiger partial charge in [-0.05, 0) is 49.1 Å². The fourth-order valence-corrected chi connectivity index (χ4v) is 6.08. The molecule has 1 unspecified atom stereocenters. The van der Waals surface area contributed by atoms with E-state index in [1.54, 1.807) is 12.0 Å². The Labute approximate surface area is 163 Å². The maximum absolute atomic E-state index is 13.8. The third-order valence-corrected chi connectivity index (χ3v) is 7.82. The molecule has 0 aromatic heterocycles. The summed E-state index contributed by atoms with van der Waals surface area (Å²) in [6, 6.07) is 6.43. The van der Waals surface area contributed by atoms with Crippen molar-refractivity contribution < 1.29 is 9.53 Å². The summed E-state index contributed by atoms with van der Waals surface area (Å²) in [4.78, 5) is 20.6. The van der Waals surface area contributed by atoms with Crippen molar-refractivity contribution in [1.29, 1.82) is 0 Å². The Morgan fingerprint density at radius 1 is 1.26 bits per heavy atom. The zero-order valence-corrected chi connectivity index (χ0v) is 17.1. The Morgan fingerprint density at radius 2 is 1.93 bits per heavy atom. The van der Waals surface area contributed by atoms with Gasteiger partial charge in [-0.3, -0.25) is 9.79 Å². The van der Waals surface area contributed by atoms with Crippen LogP contribution >= 0.6 is 0 Å². The molecule has 0 N–H and O–H groups in total. The molecular formula is C22H29BN2O2. The van der Waals surface area contributed by atoms with Crippen molar-refractivity contribution in [3.05, 3.63) is 34.9 Å². The predicted molar refractivity (Wildman–Crippen MR) is 108 cm³/mol. The van der Waals surface area contributed by atoms with Crippen molar-refractivity contribution in [3.8, 4) is 0 Å². The molecule has 5 heteroatoms. The minimum atomic E-state index is -0.839. The first kappa shape index (κ1) is 18.7. The molecule has 4 nitrogen and oxygen atoms in total. The molecule has 2 spiro atoms. The lowest BCUT2D eigenvalue weighted by atomic mass is 9.52. The molecule has 27 heavy (non-hydrogen) atoms. The monoisotopic (exact) mass is 364 g/mol. The molecule has 1 aromatic carbocycles. The van der Waals surface area contributed by atoms with Crippen LogP contribution < -0.4 is 0 Å². The van der Waals surface area contributed by atoms with Crippen molar-refractivity contribution in [1.82, 2.24) is 4.90 Å². The van der Waals surface area contributed by atoms with Gasteiger partial charge in [-0.1, -0.05) is 43.9 Å². The molecule has 1 fully saturated rings. The zero-order valence-electron chi connectivity index (χ0n) is 17.1. The second-order valence-corrected chi connectivity index (χ2v) is 8.96. The molecule has 1 amide bonds. The van der Waals surface area contributed by atoms with Crippen molar-refractivity contribution in [2.45, 2.75) is 69.8 Å². The molecule has 1 saturated carbocycles. The number of ether oxygens (including phenoxy) is 1. The van der Waals surface area contributed by atoms with Crippen LogP contribution in [0.3, 0.4) is 0 Å². The van der Waals surface area contributed by atoms with Crippen LogP contribution in [0.5, 0.6) is 0 Å². The number of carbonyl (C=O) groups excluding carboxylic acids is 1. The molecule has 0 saturated heterocycles. The number of benzene rings is 1. The van der Waals surface area contributed by atoms with Crippen LogP contribution in [0.15, 0.2) is 23.2 Å². The van der Waals surface area contributed by atoms with E-state index in [4.69, 9.17) is 17.6 Å². The first-order valence-corrected chi connectivity index (χ1v) is 9.96. The van der Waals surface area contributed by atoms with Crippen molar-refractivity contribution >= 4 is 19.6 Å². The maximum Gasteiger partial charge on any atom is 0.260 e. The fraction of sp³-hybridized carbons (Fsp3) is 0.636. The number of fused-ring (bicyclic) bond motifs is 3. The maximum atomic E-state index is 13.8. The zero-order chi connectivity index (χ0) is 19.6. The number of carbonyl (C=O) groups is 1. The summed E-state index contributed by atoms with van der Waals surface area (Å²) in [5.74, 6) is 0.909. The van der Waals surface area contributed by atoms with E-state index in [1.807, 2.05) is 14.0 Å². The lowest BCUT2D eigenvalue weighted by Gasteiger charge is -2.52. The Morgan fingerprint density at radius 3 is 2.44 bits per heavy atom. The van der Waals surface area contributed by atoms with Gasteiger partial charge in [0.05, 0.1) is 14.0 Å². The Hall–Kier alpha value is -1.62. The predicted octanol–water partition coefficient (Wildman–Crippen LogP) is 3.31. The number of amidine groups is 1. The van der Waals surface area contributed by atoms with Gasteiger partial charge in [0, 0.05) is 19.6 Å². The summed E-state index contributed by atoms with van der Waals surface area (Å²) in [7, 11) is 9.58. The van der Waals surface area contributed by atoms with Gasteiger partial charge in [-0.25, -0.2) is 0 Å². The second-order valence-electron chi connectivity index (χ2n) is 8.96. The van der Waals surface area contributed by atoms with Crippen LogP contribution in [-0.4, -0.2) is 44.8 Å². The topological polar surface area (TPSA) is 41.9 Å². The van der Waals surface area contributed by atoms with E-state index in [1.165, 1.54) is 5.56 Å². The molecule has 2 aliphatic carbocycles. The summed E-state index contributed by atoms with van der Waals surface area (Å²) >= 11 is 0. The first-order valence-electron chi connectivity index (χ1n) is 9.96. The summed E-state index contributed by atoms with van der Waals surface area (Å²) in [5, 5.41) is 0. The summed E-state index contributed by atoms with van der Waals surface area (Å²) < 4.78 is 5.65. The lowest BCUT2D eigenvalue weighted by molar-refractivity contribution is -0.140. The lowest BCUT2D eigenvalue weighted by Crippen LogP contribution is -2.56. The summed E-state index contributed by atoms with van der Waals surface area (Å²) in [5.41, 5.74) is 2.14. The molecule has 1 aromatic rings. The minimum absolute atomic E-state index is 0.108. The average Bonchev–Trinajstić information content (AvgIpc) is 2.99. The largest absolute Gasteiger partial charge is 0.381 e. The van der Waals surface area contributed by atoms with E-state index < -0.39 is 5.54 Å². The first-order chi connectivity index (χ1) is 12.7. The van der Waals surface area contributed by atoms with Gasteiger partial charge in [0.1, 0.15) is 5.84 Å². The number of likely N-dealkylation sites (N-methyl/N-ethyl adjacent to an activating group) is 1. The van der Waals surface area contributed by atoms with Gasteiger partial charge in [0.15, 0.2) is 5.54 Å². The Balaban J connectivity index is 2.00. The van der Waals surface area contributed by atoms with Crippen LogP contribution in [0, 0.1) is 5.41 Å². The quantitative estimate of drug-likeness (QED) is 0.756. The standard InChI is InChI=1S/C22H29BN2O2/c1-14-24-22(19(26)25(14)4)18-12-15(13-23)6-7-17(18)20(2,3)21(22)10-8-16(27-5)9-11-21/h6-7,12,16H,8-11,13H2,1-5H3. The summed E-state index contributed by atoms with van der Waals surface area (Å²) in [6.07, 6.45) is 4.53. The number of methoxy groups -OCH3 is 1. The number of hydrogen-bond donors (Lipinski definition) is 0. The number of hydrogen-bond acceptors (Lipinski definition) is 3. The van der Waals surface area contributed by atoms with Gasteiger partial charge in [0.25, 0.3) is 5.91 Å². The molecule has 0 bridgehead atoms. The van der Waals surface area contributed by atoms with Gasteiger partial charge < -0.3 is 9.64 Å². The molecule has 1 heterocycles. The molecular weight excluding hydrogens is 335 g/mol. The van der Waals surface area contributed by atoms with Crippen molar-refractivity contribution in [2.24, 2.45) is 10.4 Å². The van der Waals surface area contributed by atoms with E-state index in [2.05, 4.69) is 32.0 Å². The van der Waals surface area contributed by atoms with Gasteiger partial charge in [0.2, 0.25) is 0 Å². The third kappa shape index (κ3) is 2.09. The molecule has 1 aliphatic heterocycles. The van der Waals surface area contributed by atoms with Gasteiger partial charge in [-0.2, -0.15) is 0 Å². The van der Waals surface area contributed by atoms with E-state index in [9.17, 15) is 4.79 Å². The number of aliphatic imine (C=N–C) groups is 1. The normalized spacial score (nSPS) is 34.4. The van der Waals surface area contributed by atoms with Crippen LogP contribution in [0.4, 0.5) is 0 Å². The highest BCUT2D eigenvalue weighted by molar-refractivity contribution is 6.09. The van der Waals surface area contributed by atoms with Crippen LogP contribution in [-0.2, 0) is 26.8 Å². The highest BCUT2D eigenvalue weighted by Gasteiger charge is 2.72. The van der Waals surface area contributed by atoms with E-state index >= 15 is 0 Å². The Kier molecular flexibility index (Phi) is 4.12. The molecule has 1 atom stereocenters. The van der Waals surface area contributed by atoms with Gasteiger partial charge in [-0.15, -0.1) is 0 Å². The van der Waals surface area contributed by atoms with E-state index in [0.29, 0.717) is 6.32 Å². The van der Waals surface area contributed by atoms with Crippen LogP contribution in [0.25, 0.3) is 0 Å². The smallest absolute Gasteiger partial charge is 0.260 e. The highest BCUT2D eigenvalue weighted by Crippen LogP contribution is 2.69.